The fourth-order valence-corrected chi connectivity index (χ4v) is 5.83. The third-order valence-corrected chi connectivity index (χ3v) is 7.41. The van der Waals surface area contributed by atoms with E-state index in [1.54, 1.807) is 0 Å². The summed E-state index contributed by atoms with van der Waals surface area (Å²) in [5.41, 5.74) is 1.32. The van der Waals surface area contributed by atoms with Crippen LogP contribution in [-0.4, -0.2) is 0 Å². The highest BCUT2D eigenvalue weighted by Crippen LogP contribution is 2.48. The first-order valence-corrected chi connectivity index (χ1v) is 11.3. The number of benzene rings is 2. The second-order valence-electron chi connectivity index (χ2n) is 9.31. The molecule has 0 saturated heterocycles. The Bertz CT molecular complexity index is 852. The molecular formula is C26H30F4. The molecule has 30 heavy (non-hydrogen) atoms. The Balaban J connectivity index is 1.43. The van der Waals surface area contributed by atoms with E-state index in [0.717, 1.165) is 35.4 Å². The van der Waals surface area contributed by atoms with Gasteiger partial charge in [-0.25, -0.2) is 4.39 Å². The van der Waals surface area contributed by atoms with Crippen LogP contribution in [0.1, 0.15) is 75.3 Å². The van der Waals surface area contributed by atoms with E-state index in [9.17, 15) is 17.6 Å². The Hall–Kier alpha value is -1.84. The van der Waals surface area contributed by atoms with Crippen LogP contribution in [0.15, 0.2) is 42.5 Å². The standard InChI is InChI=1S/C26H30F4/c1-2-3-17-4-5-22-15-21(11-10-20(22)14-17)18-6-8-19(9-7-18)23-12-13-24(25(27)16-23)26(28,29)30/h6-9,12-13,16-17,20-22H,2-5,10-11,14-15H2,1H3. The number of hydrogen-bond donors (Lipinski definition) is 0. The lowest BCUT2D eigenvalue weighted by molar-refractivity contribution is -0.139. The molecule has 2 aliphatic carbocycles. The van der Waals surface area contributed by atoms with Gasteiger partial charge in [0.25, 0.3) is 0 Å². The van der Waals surface area contributed by atoms with Crippen LogP contribution >= 0.6 is 0 Å². The first-order chi connectivity index (χ1) is 14.3. The van der Waals surface area contributed by atoms with Crippen LogP contribution in [0.2, 0.25) is 0 Å². The highest BCUT2D eigenvalue weighted by molar-refractivity contribution is 5.64. The normalized spacial score (nSPS) is 27.0. The fourth-order valence-electron chi connectivity index (χ4n) is 5.83. The summed E-state index contributed by atoms with van der Waals surface area (Å²) in [7, 11) is 0. The molecule has 0 spiro atoms. The molecule has 4 unspecified atom stereocenters. The third-order valence-electron chi connectivity index (χ3n) is 7.41. The highest BCUT2D eigenvalue weighted by Gasteiger charge is 2.36. The Morgan fingerprint density at radius 1 is 0.833 bits per heavy atom. The van der Waals surface area contributed by atoms with Gasteiger partial charge >= 0.3 is 6.18 Å². The average molecular weight is 419 g/mol. The summed E-state index contributed by atoms with van der Waals surface area (Å²) in [4.78, 5) is 0. The zero-order valence-electron chi connectivity index (χ0n) is 17.5. The molecule has 0 aromatic heterocycles. The number of alkyl halides is 3. The molecular weight excluding hydrogens is 388 g/mol. The zero-order valence-corrected chi connectivity index (χ0v) is 17.5. The minimum absolute atomic E-state index is 0.477. The first-order valence-electron chi connectivity index (χ1n) is 11.3. The molecule has 2 aromatic carbocycles. The van der Waals surface area contributed by atoms with Crippen molar-refractivity contribution >= 4 is 0 Å². The quantitative estimate of drug-likeness (QED) is 0.436. The average Bonchev–Trinajstić information content (AvgIpc) is 2.73. The molecule has 0 bridgehead atoms. The van der Waals surface area contributed by atoms with Crippen molar-refractivity contribution in [2.24, 2.45) is 17.8 Å². The number of halogens is 4. The third kappa shape index (κ3) is 4.58. The second kappa shape index (κ2) is 8.72. The number of fused-ring (bicyclic) bond motifs is 1. The van der Waals surface area contributed by atoms with Crippen LogP contribution in [-0.2, 0) is 6.18 Å². The zero-order chi connectivity index (χ0) is 21.3. The van der Waals surface area contributed by atoms with Crippen LogP contribution in [0, 0.1) is 23.6 Å². The van der Waals surface area contributed by atoms with E-state index >= 15 is 0 Å². The lowest BCUT2D eigenvalue weighted by Gasteiger charge is -2.42. The van der Waals surface area contributed by atoms with E-state index in [0.29, 0.717) is 11.5 Å². The molecule has 2 aromatic rings. The predicted molar refractivity (Wildman–Crippen MR) is 113 cm³/mol. The van der Waals surface area contributed by atoms with Gasteiger partial charge in [-0.2, -0.15) is 13.2 Å². The molecule has 0 aliphatic heterocycles. The molecule has 0 N–H and O–H groups in total. The van der Waals surface area contributed by atoms with Gasteiger partial charge in [-0.1, -0.05) is 56.5 Å². The maximum absolute atomic E-state index is 13.9. The van der Waals surface area contributed by atoms with Crippen molar-refractivity contribution < 1.29 is 17.6 Å². The summed E-state index contributed by atoms with van der Waals surface area (Å²) in [6.45, 7) is 2.28. The SMILES string of the molecule is CCCC1CCC2CC(c3ccc(-c4ccc(C(F)(F)F)c(F)c4)cc3)CCC2C1. The molecule has 4 rings (SSSR count). The smallest absolute Gasteiger partial charge is 0.206 e. The Morgan fingerprint density at radius 3 is 2.17 bits per heavy atom. The van der Waals surface area contributed by atoms with Crippen LogP contribution in [0.3, 0.4) is 0 Å². The Labute approximate surface area is 176 Å². The number of rotatable bonds is 4. The summed E-state index contributed by atoms with van der Waals surface area (Å²) < 4.78 is 52.3. The van der Waals surface area contributed by atoms with Crippen molar-refractivity contribution in [2.75, 3.05) is 0 Å². The van der Waals surface area contributed by atoms with Crippen molar-refractivity contribution in [2.45, 2.75) is 70.4 Å². The van der Waals surface area contributed by atoms with Gasteiger partial charge < -0.3 is 0 Å². The number of hydrogen-bond acceptors (Lipinski definition) is 0. The van der Waals surface area contributed by atoms with Gasteiger partial charge in [0.15, 0.2) is 0 Å². The van der Waals surface area contributed by atoms with E-state index in [2.05, 4.69) is 19.1 Å². The van der Waals surface area contributed by atoms with Crippen molar-refractivity contribution in [1.82, 2.24) is 0 Å². The van der Waals surface area contributed by atoms with Crippen molar-refractivity contribution in [3.63, 3.8) is 0 Å². The Morgan fingerprint density at radius 2 is 1.50 bits per heavy atom. The molecule has 4 heteroatoms. The van der Waals surface area contributed by atoms with E-state index in [1.807, 2.05) is 12.1 Å². The van der Waals surface area contributed by atoms with Crippen molar-refractivity contribution in [3.05, 3.63) is 59.4 Å². The molecule has 162 valence electrons. The van der Waals surface area contributed by atoms with Gasteiger partial charge in [0.2, 0.25) is 0 Å². The highest BCUT2D eigenvalue weighted by atomic mass is 19.4. The summed E-state index contributed by atoms with van der Waals surface area (Å²) in [6.07, 6.45) is 5.91. The summed E-state index contributed by atoms with van der Waals surface area (Å²) in [5.74, 6) is 1.99. The predicted octanol–water partition coefficient (Wildman–Crippen LogP) is 8.61. The van der Waals surface area contributed by atoms with E-state index in [4.69, 9.17) is 0 Å². The van der Waals surface area contributed by atoms with Gasteiger partial charge in [-0.15, -0.1) is 0 Å². The lowest BCUT2D eigenvalue weighted by atomic mass is 9.63. The molecule has 0 amide bonds. The van der Waals surface area contributed by atoms with Gasteiger partial charge in [0.1, 0.15) is 5.82 Å². The van der Waals surface area contributed by atoms with E-state index in [1.165, 1.54) is 63.0 Å². The van der Waals surface area contributed by atoms with Gasteiger partial charge in [0.05, 0.1) is 5.56 Å². The second-order valence-corrected chi connectivity index (χ2v) is 9.31. The summed E-state index contributed by atoms with van der Waals surface area (Å²) >= 11 is 0. The molecule has 0 radical (unpaired) electrons. The largest absolute Gasteiger partial charge is 0.419 e. The molecule has 2 saturated carbocycles. The van der Waals surface area contributed by atoms with Gasteiger partial charge in [-0.05, 0) is 84.6 Å². The summed E-state index contributed by atoms with van der Waals surface area (Å²) in [6, 6.07) is 11.2. The van der Waals surface area contributed by atoms with Crippen LogP contribution in [0.5, 0.6) is 0 Å². The maximum Gasteiger partial charge on any atom is 0.419 e. The maximum atomic E-state index is 13.9. The van der Waals surface area contributed by atoms with Crippen molar-refractivity contribution in [3.8, 4) is 11.1 Å². The molecule has 0 heterocycles. The molecule has 2 fully saturated rings. The molecule has 2 aliphatic rings. The van der Waals surface area contributed by atoms with Gasteiger partial charge in [-0.3, -0.25) is 0 Å². The topological polar surface area (TPSA) is 0 Å². The van der Waals surface area contributed by atoms with E-state index < -0.39 is 17.6 Å². The van der Waals surface area contributed by atoms with Crippen LogP contribution in [0.25, 0.3) is 11.1 Å². The monoisotopic (exact) mass is 418 g/mol. The Kier molecular flexibility index (Phi) is 6.22. The van der Waals surface area contributed by atoms with Gasteiger partial charge in [0, 0.05) is 0 Å². The van der Waals surface area contributed by atoms with Crippen molar-refractivity contribution in [1.29, 1.82) is 0 Å². The van der Waals surface area contributed by atoms with Crippen LogP contribution < -0.4 is 0 Å². The minimum atomic E-state index is -4.67. The van der Waals surface area contributed by atoms with Crippen LogP contribution in [0.4, 0.5) is 17.6 Å². The molecule has 0 nitrogen and oxygen atoms in total. The fraction of sp³-hybridized carbons (Fsp3) is 0.538. The lowest BCUT2D eigenvalue weighted by Crippen LogP contribution is -2.30. The van der Waals surface area contributed by atoms with E-state index in [-0.39, 0.29) is 0 Å². The summed E-state index contributed by atoms with van der Waals surface area (Å²) in [5, 5.41) is 0. The molecule has 4 atom stereocenters. The minimum Gasteiger partial charge on any atom is -0.206 e. The first kappa shape index (κ1) is 21.4.